The van der Waals surface area contributed by atoms with Gasteiger partial charge in [-0.15, -0.1) is 0 Å². The van der Waals surface area contributed by atoms with E-state index in [1.807, 2.05) is 30.1 Å². The number of hydrogen-bond acceptors (Lipinski definition) is 5. The number of aromatic nitrogens is 5. The molecule has 0 radical (unpaired) electrons. The zero-order valence-electron chi connectivity index (χ0n) is 15.8. The summed E-state index contributed by atoms with van der Waals surface area (Å²) in [5.41, 5.74) is 5.99. The maximum absolute atomic E-state index is 5.44. The highest BCUT2D eigenvalue weighted by Crippen LogP contribution is 2.28. The van der Waals surface area contributed by atoms with Crippen LogP contribution in [0.1, 0.15) is 5.56 Å². The Hall–Kier alpha value is -3.03. The Morgan fingerprint density at radius 3 is 2.79 bits per heavy atom. The van der Waals surface area contributed by atoms with Gasteiger partial charge in [-0.25, -0.2) is 9.67 Å². The Labute approximate surface area is 163 Å². The number of morpholine rings is 1. The molecule has 0 amide bonds. The first-order valence-electron chi connectivity index (χ1n) is 9.50. The Morgan fingerprint density at radius 1 is 1.11 bits per heavy atom. The van der Waals surface area contributed by atoms with E-state index >= 15 is 0 Å². The number of ether oxygens (including phenoxy) is 1. The van der Waals surface area contributed by atoms with Crippen molar-refractivity contribution in [3.05, 3.63) is 54.4 Å². The van der Waals surface area contributed by atoms with Crippen molar-refractivity contribution >= 4 is 11.2 Å². The molecule has 0 saturated carbocycles. The zero-order chi connectivity index (χ0) is 18.9. The second kappa shape index (κ2) is 7.18. The highest BCUT2D eigenvalue weighted by atomic mass is 16.5. The van der Waals surface area contributed by atoms with E-state index in [1.54, 1.807) is 6.20 Å². The first-order valence-corrected chi connectivity index (χ1v) is 9.50. The van der Waals surface area contributed by atoms with Crippen molar-refractivity contribution in [1.29, 1.82) is 0 Å². The van der Waals surface area contributed by atoms with Gasteiger partial charge in [0.1, 0.15) is 17.0 Å². The molecule has 0 atom stereocenters. The molecule has 0 bridgehead atoms. The van der Waals surface area contributed by atoms with Crippen LogP contribution in [-0.2, 0) is 18.3 Å². The SMILES string of the molecule is Cn1nc(-c2cccnc2)c2[nH]c(-c3cccc(CN4CCOCC4)c3)nc21. The van der Waals surface area contributed by atoms with Gasteiger partial charge in [0.25, 0.3) is 0 Å². The third-order valence-corrected chi connectivity index (χ3v) is 5.12. The Bertz CT molecular complexity index is 1090. The summed E-state index contributed by atoms with van der Waals surface area (Å²) in [5, 5.41) is 4.61. The molecular weight excluding hydrogens is 352 g/mol. The number of aryl methyl sites for hydroxylation is 1. The maximum atomic E-state index is 5.44. The minimum Gasteiger partial charge on any atom is -0.379 e. The minimum atomic E-state index is 0.813. The average Bonchev–Trinajstić information content (AvgIpc) is 3.30. The smallest absolute Gasteiger partial charge is 0.177 e. The summed E-state index contributed by atoms with van der Waals surface area (Å²) in [6.07, 6.45) is 3.59. The van der Waals surface area contributed by atoms with E-state index in [9.17, 15) is 0 Å². The molecule has 4 heterocycles. The lowest BCUT2D eigenvalue weighted by Gasteiger charge is -2.26. The topological polar surface area (TPSA) is 71.9 Å². The zero-order valence-corrected chi connectivity index (χ0v) is 15.8. The van der Waals surface area contributed by atoms with E-state index < -0.39 is 0 Å². The summed E-state index contributed by atoms with van der Waals surface area (Å²) in [7, 11) is 1.92. The third kappa shape index (κ3) is 3.19. The summed E-state index contributed by atoms with van der Waals surface area (Å²) in [6, 6.07) is 12.5. The number of nitrogens with zero attached hydrogens (tertiary/aromatic N) is 5. The van der Waals surface area contributed by atoms with Crippen LogP contribution in [-0.4, -0.2) is 55.9 Å². The molecule has 4 aromatic rings. The Morgan fingerprint density at radius 2 is 1.96 bits per heavy atom. The van der Waals surface area contributed by atoms with Gasteiger partial charge >= 0.3 is 0 Å². The number of hydrogen-bond donors (Lipinski definition) is 1. The maximum Gasteiger partial charge on any atom is 0.177 e. The molecule has 0 unspecified atom stereocenters. The number of imidazole rings is 1. The molecule has 1 aliphatic rings. The summed E-state index contributed by atoms with van der Waals surface area (Å²) in [5.74, 6) is 0.858. The van der Waals surface area contributed by atoms with Crippen molar-refractivity contribution < 1.29 is 4.74 Å². The van der Waals surface area contributed by atoms with Crippen LogP contribution in [0.2, 0.25) is 0 Å². The first kappa shape index (κ1) is 17.1. The second-order valence-electron chi connectivity index (χ2n) is 7.09. The van der Waals surface area contributed by atoms with Gasteiger partial charge in [0, 0.05) is 50.2 Å². The molecule has 1 N–H and O–H groups in total. The highest BCUT2D eigenvalue weighted by molar-refractivity contribution is 5.90. The van der Waals surface area contributed by atoms with E-state index in [-0.39, 0.29) is 0 Å². The quantitative estimate of drug-likeness (QED) is 0.595. The van der Waals surface area contributed by atoms with Crippen molar-refractivity contribution in [3.8, 4) is 22.6 Å². The normalized spacial score (nSPS) is 15.3. The fourth-order valence-electron chi connectivity index (χ4n) is 3.69. The molecule has 3 aromatic heterocycles. The molecule has 0 spiro atoms. The van der Waals surface area contributed by atoms with Crippen LogP contribution in [0, 0.1) is 0 Å². The number of benzene rings is 1. The Balaban J connectivity index is 1.49. The molecule has 5 rings (SSSR count). The minimum absolute atomic E-state index is 0.813. The third-order valence-electron chi connectivity index (χ3n) is 5.12. The number of nitrogens with one attached hydrogen (secondary N) is 1. The van der Waals surface area contributed by atoms with Crippen molar-refractivity contribution in [3.63, 3.8) is 0 Å². The molecule has 1 fully saturated rings. The number of aromatic amines is 1. The molecule has 28 heavy (non-hydrogen) atoms. The van der Waals surface area contributed by atoms with Gasteiger partial charge in [-0.05, 0) is 23.8 Å². The highest BCUT2D eigenvalue weighted by Gasteiger charge is 2.17. The van der Waals surface area contributed by atoms with Crippen molar-refractivity contribution in [2.24, 2.45) is 7.05 Å². The summed E-state index contributed by atoms with van der Waals surface area (Å²) in [6.45, 7) is 4.52. The van der Waals surface area contributed by atoms with Crippen LogP contribution >= 0.6 is 0 Å². The van der Waals surface area contributed by atoms with Gasteiger partial charge in [-0.2, -0.15) is 5.10 Å². The number of rotatable bonds is 4. The monoisotopic (exact) mass is 374 g/mol. The van der Waals surface area contributed by atoms with Crippen LogP contribution in [0.5, 0.6) is 0 Å². The first-order chi connectivity index (χ1) is 13.8. The molecular formula is C21H22N6O. The van der Waals surface area contributed by atoms with E-state index in [1.165, 1.54) is 5.56 Å². The standard InChI is InChI=1S/C21H22N6O/c1-26-21-19(18(25-26)17-6-3-7-22-13-17)23-20(24-21)16-5-2-4-15(12-16)14-27-8-10-28-11-9-27/h2-7,12-13H,8-11,14H2,1H3,(H,23,24). The molecule has 1 saturated heterocycles. The van der Waals surface area contributed by atoms with E-state index in [2.05, 4.69) is 44.2 Å². The largest absolute Gasteiger partial charge is 0.379 e. The molecule has 0 aliphatic carbocycles. The lowest BCUT2D eigenvalue weighted by molar-refractivity contribution is 0.0342. The van der Waals surface area contributed by atoms with Gasteiger partial charge in [-0.3, -0.25) is 9.88 Å². The van der Waals surface area contributed by atoms with Crippen LogP contribution in [0.25, 0.3) is 33.8 Å². The average molecular weight is 374 g/mol. The Kier molecular flexibility index (Phi) is 4.38. The summed E-state index contributed by atoms with van der Waals surface area (Å²) >= 11 is 0. The number of fused-ring (bicyclic) bond motifs is 1. The van der Waals surface area contributed by atoms with Crippen LogP contribution < -0.4 is 0 Å². The molecule has 7 nitrogen and oxygen atoms in total. The van der Waals surface area contributed by atoms with Gasteiger partial charge in [-0.1, -0.05) is 18.2 Å². The van der Waals surface area contributed by atoms with Gasteiger partial charge in [0.05, 0.1) is 13.2 Å². The number of H-pyrrole nitrogens is 1. The van der Waals surface area contributed by atoms with Crippen LogP contribution in [0.15, 0.2) is 48.8 Å². The predicted molar refractivity (Wildman–Crippen MR) is 108 cm³/mol. The lowest BCUT2D eigenvalue weighted by Crippen LogP contribution is -2.35. The van der Waals surface area contributed by atoms with E-state index in [0.29, 0.717) is 0 Å². The molecule has 142 valence electrons. The molecule has 1 aliphatic heterocycles. The second-order valence-corrected chi connectivity index (χ2v) is 7.09. The van der Waals surface area contributed by atoms with Gasteiger partial charge in [0.2, 0.25) is 0 Å². The fourth-order valence-corrected chi connectivity index (χ4v) is 3.69. The number of pyridine rings is 1. The van der Waals surface area contributed by atoms with E-state index in [4.69, 9.17) is 9.72 Å². The predicted octanol–water partition coefficient (Wildman–Crippen LogP) is 2.86. The summed E-state index contributed by atoms with van der Waals surface area (Å²) in [4.78, 5) is 14.9. The fraction of sp³-hybridized carbons (Fsp3) is 0.286. The van der Waals surface area contributed by atoms with Crippen LogP contribution in [0.4, 0.5) is 0 Å². The molecule has 7 heteroatoms. The lowest BCUT2D eigenvalue weighted by atomic mass is 10.1. The van der Waals surface area contributed by atoms with Crippen LogP contribution in [0.3, 0.4) is 0 Å². The van der Waals surface area contributed by atoms with Gasteiger partial charge < -0.3 is 9.72 Å². The van der Waals surface area contributed by atoms with Crippen molar-refractivity contribution in [1.82, 2.24) is 29.6 Å². The van der Waals surface area contributed by atoms with Gasteiger partial charge in [0.15, 0.2) is 5.65 Å². The van der Waals surface area contributed by atoms with Crippen molar-refractivity contribution in [2.45, 2.75) is 6.54 Å². The summed E-state index contributed by atoms with van der Waals surface area (Å²) < 4.78 is 7.26. The molecule has 1 aromatic carbocycles. The van der Waals surface area contributed by atoms with E-state index in [0.717, 1.165) is 66.7 Å². The van der Waals surface area contributed by atoms with Crippen molar-refractivity contribution in [2.75, 3.05) is 26.3 Å².